The van der Waals surface area contributed by atoms with Gasteiger partial charge in [0.1, 0.15) is 0 Å². The van der Waals surface area contributed by atoms with Crippen LogP contribution in [0.2, 0.25) is 0 Å². The predicted molar refractivity (Wildman–Crippen MR) is 101 cm³/mol. The van der Waals surface area contributed by atoms with Crippen LogP contribution in [-0.4, -0.2) is 32.6 Å². The molecule has 0 aliphatic carbocycles. The van der Waals surface area contributed by atoms with Gasteiger partial charge in [-0.2, -0.15) is 5.10 Å². The molecule has 0 amide bonds. The molecule has 0 spiro atoms. The number of aromatic hydroxyl groups is 1. The first-order chi connectivity index (χ1) is 13.1. The van der Waals surface area contributed by atoms with E-state index < -0.39 is 0 Å². The zero-order chi connectivity index (χ0) is 18.8. The molecule has 4 rings (SSSR count). The van der Waals surface area contributed by atoms with Gasteiger partial charge in [-0.15, -0.1) is 0 Å². The standard InChI is InChI=1S/C21H17N3O3/c1-27-19-11-15(7-9-17(19)25)16-8-10-21-22-20(23-24(21)13-16)12-18(26)14-5-3-2-4-6-14/h2-11,13,25H,12H2,1H3. The van der Waals surface area contributed by atoms with Crippen LogP contribution in [0.1, 0.15) is 16.2 Å². The van der Waals surface area contributed by atoms with Gasteiger partial charge in [0.15, 0.2) is 28.8 Å². The van der Waals surface area contributed by atoms with Gasteiger partial charge in [-0.25, -0.2) is 9.50 Å². The number of nitrogens with zero attached hydrogens (tertiary/aromatic N) is 3. The van der Waals surface area contributed by atoms with Crippen molar-refractivity contribution in [1.29, 1.82) is 0 Å². The zero-order valence-corrected chi connectivity index (χ0v) is 14.7. The second-order valence-electron chi connectivity index (χ2n) is 6.10. The van der Waals surface area contributed by atoms with Crippen LogP contribution in [0.5, 0.6) is 11.5 Å². The molecule has 0 aliphatic heterocycles. The first-order valence-corrected chi connectivity index (χ1v) is 8.45. The summed E-state index contributed by atoms with van der Waals surface area (Å²) in [4.78, 5) is 16.8. The number of hydrogen-bond acceptors (Lipinski definition) is 5. The Balaban J connectivity index is 1.63. The van der Waals surface area contributed by atoms with Crippen LogP contribution in [-0.2, 0) is 6.42 Å². The topological polar surface area (TPSA) is 76.7 Å². The van der Waals surface area contributed by atoms with Crippen LogP contribution in [0.25, 0.3) is 16.8 Å². The molecule has 6 nitrogen and oxygen atoms in total. The Bertz CT molecular complexity index is 1120. The van der Waals surface area contributed by atoms with Crippen molar-refractivity contribution in [3.63, 3.8) is 0 Å². The third-order valence-corrected chi connectivity index (χ3v) is 4.30. The fourth-order valence-corrected chi connectivity index (χ4v) is 2.90. The lowest BCUT2D eigenvalue weighted by atomic mass is 10.1. The summed E-state index contributed by atoms with van der Waals surface area (Å²) in [7, 11) is 1.51. The van der Waals surface area contributed by atoms with E-state index in [1.54, 1.807) is 34.8 Å². The van der Waals surface area contributed by atoms with Gasteiger partial charge in [0.25, 0.3) is 0 Å². The lowest BCUT2D eigenvalue weighted by Crippen LogP contribution is -2.04. The maximum atomic E-state index is 12.4. The molecule has 0 saturated carbocycles. The number of phenols is 1. The van der Waals surface area contributed by atoms with Crippen molar-refractivity contribution in [2.75, 3.05) is 7.11 Å². The van der Waals surface area contributed by atoms with Crippen LogP contribution in [0.15, 0.2) is 66.9 Å². The minimum Gasteiger partial charge on any atom is -0.504 e. The molecule has 0 fully saturated rings. The highest BCUT2D eigenvalue weighted by atomic mass is 16.5. The fourth-order valence-electron chi connectivity index (χ4n) is 2.90. The van der Waals surface area contributed by atoms with Gasteiger partial charge in [-0.05, 0) is 29.8 Å². The zero-order valence-electron chi connectivity index (χ0n) is 14.7. The van der Waals surface area contributed by atoms with E-state index >= 15 is 0 Å². The van der Waals surface area contributed by atoms with Crippen molar-refractivity contribution in [3.05, 3.63) is 78.2 Å². The van der Waals surface area contributed by atoms with Gasteiger partial charge >= 0.3 is 0 Å². The second-order valence-corrected chi connectivity index (χ2v) is 6.10. The SMILES string of the molecule is COc1cc(-c2ccc3nc(CC(=O)c4ccccc4)nn3c2)ccc1O. The molecule has 2 aromatic heterocycles. The van der Waals surface area contributed by atoms with Gasteiger partial charge in [-0.3, -0.25) is 4.79 Å². The van der Waals surface area contributed by atoms with E-state index in [0.717, 1.165) is 11.1 Å². The first-order valence-electron chi connectivity index (χ1n) is 8.45. The Morgan fingerprint density at radius 1 is 1.07 bits per heavy atom. The lowest BCUT2D eigenvalue weighted by molar-refractivity contribution is 0.0991. The number of ketones is 1. The number of ether oxygens (including phenoxy) is 1. The summed E-state index contributed by atoms with van der Waals surface area (Å²) in [6.07, 6.45) is 1.98. The Labute approximate surface area is 155 Å². The monoisotopic (exact) mass is 359 g/mol. The number of fused-ring (bicyclic) bond motifs is 1. The van der Waals surface area contributed by atoms with E-state index in [9.17, 15) is 9.90 Å². The summed E-state index contributed by atoms with van der Waals surface area (Å²) >= 11 is 0. The van der Waals surface area contributed by atoms with Crippen molar-refractivity contribution in [3.8, 4) is 22.6 Å². The number of methoxy groups -OCH3 is 1. The molecule has 0 aliphatic rings. The highest BCUT2D eigenvalue weighted by Gasteiger charge is 2.12. The summed E-state index contributed by atoms with van der Waals surface area (Å²) in [6.45, 7) is 0. The number of rotatable bonds is 5. The van der Waals surface area contributed by atoms with Crippen LogP contribution < -0.4 is 4.74 Å². The molecule has 0 radical (unpaired) electrons. The van der Waals surface area contributed by atoms with Gasteiger partial charge in [0, 0.05) is 17.3 Å². The highest BCUT2D eigenvalue weighted by Crippen LogP contribution is 2.31. The molecule has 134 valence electrons. The maximum absolute atomic E-state index is 12.4. The lowest BCUT2D eigenvalue weighted by Gasteiger charge is -2.07. The van der Waals surface area contributed by atoms with Crippen molar-refractivity contribution in [2.45, 2.75) is 6.42 Å². The van der Waals surface area contributed by atoms with Crippen LogP contribution in [0.3, 0.4) is 0 Å². The largest absolute Gasteiger partial charge is 0.504 e. The molecule has 2 heterocycles. The third-order valence-electron chi connectivity index (χ3n) is 4.30. The second kappa shape index (κ2) is 6.92. The van der Waals surface area contributed by atoms with E-state index in [-0.39, 0.29) is 18.0 Å². The third kappa shape index (κ3) is 3.37. The van der Waals surface area contributed by atoms with Crippen LogP contribution in [0.4, 0.5) is 0 Å². The Hall–Kier alpha value is -3.67. The molecule has 0 saturated heterocycles. The molecule has 0 unspecified atom stereocenters. The summed E-state index contributed by atoms with van der Waals surface area (Å²) in [6, 6.07) is 18.0. The molecule has 2 aromatic carbocycles. The smallest absolute Gasteiger partial charge is 0.170 e. The van der Waals surface area contributed by atoms with E-state index in [2.05, 4.69) is 10.1 Å². The van der Waals surface area contributed by atoms with Crippen molar-refractivity contribution < 1.29 is 14.6 Å². The summed E-state index contributed by atoms with van der Waals surface area (Å²) in [5.41, 5.74) is 3.09. The summed E-state index contributed by atoms with van der Waals surface area (Å²) in [5.74, 6) is 0.949. The Morgan fingerprint density at radius 3 is 2.63 bits per heavy atom. The van der Waals surface area contributed by atoms with Crippen molar-refractivity contribution >= 4 is 11.4 Å². The number of Topliss-reactive ketones (excluding diaryl/α,β-unsaturated/α-hetero) is 1. The first kappa shape index (κ1) is 16.8. The van der Waals surface area contributed by atoms with E-state index in [0.29, 0.717) is 22.8 Å². The highest BCUT2D eigenvalue weighted by molar-refractivity contribution is 5.97. The number of aromatic nitrogens is 3. The molecule has 1 N–H and O–H groups in total. The maximum Gasteiger partial charge on any atom is 0.170 e. The van der Waals surface area contributed by atoms with E-state index in [1.807, 2.05) is 36.5 Å². The average Bonchev–Trinajstić information content (AvgIpc) is 3.10. The molecule has 0 atom stereocenters. The normalized spacial score (nSPS) is 10.9. The number of hydrogen-bond donors (Lipinski definition) is 1. The number of pyridine rings is 1. The van der Waals surface area contributed by atoms with Crippen molar-refractivity contribution in [1.82, 2.24) is 14.6 Å². The number of carbonyl (C=O) groups is 1. The molecule has 6 heteroatoms. The van der Waals surface area contributed by atoms with Crippen LogP contribution >= 0.6 is 0 Å². The Morgan fingerprint density at radius 2 is 1.85 bits per heavy atom. The Kier molecular flexibility index (Phi) is 4.30. The van der Waals surface area contributed by atoms with Crippen LogP contribution in [0, 0.1) is 0 Å². The molecule has 4 aromatic rings. The fraction of sp³-hybridized carbons (Fsp3) is 0.0952. The minimum absolute atomic E-state index is 0.0185. The summed E-state index contributed by atoms with van der Waals surface area (Å²) < 4.78 is 6.82. The molecular weight excluding hydrogens is 342 g/mol. The summed E-state index contributed by atoms with van der Waals surface area (Å²) in [5, 5.41) is 14.2. The van der Waals surface area contributed by atoms with Gasteiger partial charge in [0.2, 0.25) is 0 Å². The molecular formula is C21H17N3O3. The van der Waals surface area contributed by atoms with Gasteiger partial charge < -0.3 is 9.84 Å². The van der Waals surface area contributed by atoms with E-state index in [1.165, 1.54) is 7.11 Å². The average molecular weight is 359 g/mol. The van der Waals surface area contributed by atoms with Crippen molar-refractivity contribution in [2.24, 2.45) is 0 Å². The quantitative estimate of drug-likeness (QED) is 0.552. The number of carbonyl (C=O) groups excluding carboxylic acids is 1. The number of phenolic OH excluding ortho intramolecular Hbond substituents is 1. The molecule has 27 heavy (non-hydrogen) atoms. The van der Waals surface area contributed by atoms with Gasteiger partial charge in [0.05, 0.1) is 13.5 Å². The van der Waals surface area contributed by atoms with E-state index in [4.69, 9.17) is 4.74 Å². The number of benzene rings is 2. The molecule has 0 bridgehead atoms. The minimum atomic E-state index is -0.0185. The van der Waals surface area contributed by atoms with Gasteiger partial charge in [-0.1, -0.05) is 36.4 Å². The predicted octanol–water partition coefficient (Wildman–Crippen LogP) is 3.54.